The summed E-state index contributed by atoms with van der Waals surface area (Å²) in [6, 6.07) is 10.3. The van der Waals surface area contributed by atoms with Crippen molar-refractivity contribution in [2.24, 2.45) is 0 Å². The van der Waals surface area contributed by atoms with Gasteiger partial charge in [0.05, 0.1) is 0 Å². The molecule has 36 heavy (non-hydrogen) atoms. The minimum Gasteiger partial charge on any atom is -0.502 e. The Bertz CT molecular complexity index is 1390. The van der Waals surface area contributed by atoms with Gasteiger partial charge in [-0.15, -0.1) is 0 Å². The normalized spacial score (nSPS) is 17.6. The Morgan fingerprint density at radius 1 is 1.00 bits per heavy atom. The number of halogens is 2. The zero-order chi connectivity index (χ0) is 26.0. The third kappa shape index (κ3) is 4.21. The number of aryl methyl sites for hydroxylation is 1. The van der Waals surface area contributed by atoms with E-state index in [1.807, 2.05) is 45.0 Å². The van der Waals surface area contributed by atoms with Gasteiger partial charge in [0, 0.05) is 24.4 Å². The van der Waals surface area contributed by atoms with Crippen LogP contribution >= 0.6 is 0 Å². The maximum Gasteiger partial charge on any atom is 0.278 e. The highest BCUT2D eigenvalue weighted by atomic mass is 19.2. The van der Waals surface area contributed by atoms with E-state index in [9.17, 15) is 19.1 Å². The summed E-state index contributed by atoms with van der Waals surface area (Å²) in [5.74, 6) is -3.60. The summed E-state index contributed by atoms with van der Waals surface area (Å²) in [4.78, 5) is 26.9. The van der Waals surface area contributed by atoms with Gasteiger partial charge in [0.15, 0.2) is 23.0 Å². The van der Waals surface area contributed by atoms with Crippen molar-refractivity contribution in [3.63, 3.8) is 0 Å². The van der Waals surface area contributed by atoms with Gasteiger partial charge in [-0.05, 0) is 36.3 Å². The predicted octanol–water partition coefficient (Wildman–Crippen LogP) is 4.26. The fourth-order valence-corrected chi connectivity index (χ4v) is 4.43. The Balaban J connectivity index is 0.00000148. The van der Waals surface area contributed by atoms with Gasteiger partial charge >= 0.3 is 0 Å². The molecule has 7 nitrogen and oxygen atoms in total. The third-order valence-electron chi connectivity index (χ3n) is 6.11. The SMILES string of the molecule is CC.Cc1ccccc1[C@@H]1c2ccc(F)c(F)c2OC/C=C/CN2CN1n1ccc(=O)c(O)c1C2=O. The third-order valence-corrected chi connectivity index (χ3v) is 6.11. The number of nitrogens with zero attached hydrogens (tertiary/aromatic N) is 3. The molecule has 5 rings (SSSR count). The summed E-state index contributed by atoms with van der Waals surface area (Å²) in [7, 11) is 0. The van der Waals surface area contributed by atoms with Crippen LogP contribution in [0, 0.1) is 18.6 Å². The van der Waals surface area contributed by atoms with Gasteiger partial charge in [-0.2, -0.15) is 4.39 Å². The Hall–Kier alpha value is -4.14. The van der Waals surface area contributed by atoms with E-state index in [-0.39, 0.29) is 31.3 Å². The topological polar surface area (TPSA) is 75.0 Å². The molecule has 0 unspecified atom stereocenters. The molecule has 0 saturated heterocycles. The van der Waals surface area contributed by atoms with Crippen molar-refractivity contribution in [1.82, 2.24) is 9.58 Å². The van der Waals surface area contributed by atoms with Crippen LogP contribution in [0.2, 0.25) is 0 Å². The number of hydrogen-bond acceptors (Lipinski definition) is 5. The fraction of sp³-hybridized carbons (Fsp3) is 0.259. The van der Waals surface area contributed by atoms with Gasteiger partial charge in [0.25, 0.3) is 5.91 Å². The molecule has 9 heteroatoms. The van der Waals surface area contributed by atoms with Gasteiger partial charge in [-0.25, -0.2) is 4.39 Å². The van der Waals surface area contributed by atoms with Crippen molar-refractivity contribution >= 4 is 5.91 Å². The maximum absolute atomic E-state index is 15.0. The second-order valence-electron chi connectivity index (χ2n) is 8.15. The number of amides is 1. The Labute approximate surface area is 207 Å². The van der Waals surface area contributed by atoms with Crippen LogP contribution in [0.1, 0.15) is 47.1 Å². The summed E-state index contributed by atoms with van der Waals surface area (Å²) in [5.41, 5.74) is 1.07. The zero-order valence-corrected chi connectivity index (χ0v) is 20.2. The molecule has 3 aromatic rings. The van der Waals surface area contributed by atoms with Gasteiger partial charge in [0.1, 0.15) is 19.3 Å². The molecular formula is C27H27F2N3O4. The molecule has 2 bridgehead atoms. The zero-order valence-electron chi connectivity index (χ0n) is 20.2. The van der Waals surface area contributed by atoms with Gasteiger partial charge < -0.3 is 14.7 Å². The lowest BCUT2D eigenvalue weighted by molar-refractivity contribution is 0.0701. The number of aromatic hydroxyl groups is 1. The van der Waals surface area contributed by atoms with Crippen LogP contribution in [0.25, 0.3) is 0 Å². The molecule has 2 aromatic carbocycles. The second kappa shape index (κ2) is 10.2. The van der Waals surface area contributed by atoms with Gasteiger partial charge in [0.2, 0.25) is 11.2 Å². The number of pyridine rings is 1. The first-order valence-corrected chi connectivity index (χ1v) is 11.7. The van der Waals surface area contributed by atoms with E-state index < -0.39 is 34.8 Å². The lowest BCUT2D eigenvalue weighted by Gasteiger charge is -2.44. The van der Waals surface area contributed by atoms with Crippen LogP contribution < -0.4 is 15.2 Å². The molecule has 0 aliphatic carbocycles. The number of hydrogen-bond donors (Lipinski definition) is 1. The van der Waals surface area contributed by atoms with E-state index in [2.05, 4.69) is 0 Å². The van der Waals surface area contributed by atoms with E-state index in [4.69, 9.17) is 4.74 Å². The van der Waals surface area contributed by atoms with Crippen molar-refractivity contribution in [2.45, 2.75) is 26.8 Å². The largest absolute Gasteiger partial charge is 0.502 e. The molecule has 0 spiro atoms. The van der Waals surface area contributed by atoms with Crippen LogP contribution in [-0.4, -0.2) is 40.4 Å². The molecule has 2 aliphatic rings. The monoisotopic (exact) mass is 495 g/mol. The molecule has 3 heterocycles. The molecule has 1 N–H and O–H groups in total. The average molecular weight is 496 g/mol. The quantitative estimate of drug-likeness (QED) is 0.511. The smallest absolute Gasteiger partial charge is 0.278 e. The summed E-state index contributed by atoms with van der Waals surface area (Å²) >= 11 is 0. The van der Waals surface area contributed by atoms with Crippen LogP contribution in [0.3, 0.4) is 0 Å². The molecule has 1 amide bonds. The molecule has 2 aliphatic heterocycles. The number of carbonyl (C=O) groups is 1. The number of rotatable bonds is 1. The Morgan fingerprint density at radius 3 is 2.50 bits per heavy atom. The first-order chi connectivity index (χ1) is 17.4. The molecule has 0 fully saturated rings. The summed E-state index contributed by atoms with van der Waals surface area (Å²) in [6.45, 7) is 6.07. The van der Waals surface area contributed by atoms with E-state index in [1.165, 1.54) is 21.8 Å². The number of benzene rings is 2. The molecule has 1 aromatic heterocycles. The molecule has 1 atom stereocenters. The van der Waals surface area contributed by atoms with E-state index in [0.717, 1.165) is 23.3 Å². The number of carbonyl (C=O) groups excluding carboxylic acids is 1. The van der Waals surface area contributed by atoms with Crippen molar-refractivity contribution in [2.75, 3.05) is 24.8 Å². The summed E-state index contributed by atoms with van der Waals surface area (Å²) in [6.07, 6.45) is 4.66. The van der Waals surface area contributed by atoms with E-state index in [0.29, 0.717) is 5.56 Å². The predicted molar refractivity (Wildman–Crippen MR) is 132 cm³/mol. The Kier molecular flexibility index (Phi) is 7.10. The summed E-state index contributed by atoms with van der Waals surface area (Å²) in [5, 5.41) is 12.3. The van der Waals surface area contributed by atoms with Crippen LogP contribution in [-0.2, 0) is 0 Å². The molecule has 0 saturated carbocycles. The minimum atomic E-state index is -1.11. The number of aromatic nitrogens is 1. The highest BCUT2D eigenvalue weighted by Gasteiger charge is 2.38. The lowest BCUT2D eigenvalue weighted by Crippen LogP contribution is -2.55. The van der Waals surface area contributed by atoms with Crippen molar-refractivity contribution in [3.05, 3.63) is 105 Å². The second-order valence-corrected chi connectivity index (χ2v) is 8.15. The molecule has 188 valence electrons. The van der Waals surface area contributed by atoms with Gasteiger partial charge in [-0.3, -0.25) is 19.3 Å². The van der Waals surface area contributed by atoms with Gasteiger partial charge in [-0.1, -0.05) is 44.2 Å². The highest BCUT2D eigenvalue weighted by molar-refractivity contribution is 5.96. The van der Waals surface area contributed by atoms with Crippen LogP contribution in [0.15, 0.2) is 65.6 Å². The van der Waals surface area contributed by atoms with Crippen molar-refractivity contribution in [3.8, 4) is 11.5 Å². The first-order valence-electron chi connectivity index (χ1n) is 11.7. The van der Waals surface area contributed by atoms with Crippen molar-refractivity contribution < 1.29 is 23.4 Å². The molecular weight excluding hydrogens is 468 g/mol. The maximum atomic E-state index is 15.0. The first kappa shape index (κ1) is 25.0. The van der Waals surface area contributed by atoms with E-state index in [1.54, 1.807) is 17.2 Å². The molecule has 0 radical (unpaired) electrons. The average Bonchev–Trinajstić information content (AvgIpc) is 2.91. The Morgan fingerprint density at radius 2 is 1.75 bits per heavy atom. The fourth-order valence-electron chi connectivity index (χ4n) is 4.43. The van der Waals surface area contributed by atoms with Crippen LogP contribution in [0.4, 0.5) is 8.78 Å². The van der Waals surface area contributed by atoms with E-state index >= 15 is 4.39 Å². The van der Waals surface area contributed by atoms with Crippen LogP contribution in [0.5, 0.6) is 11.5 Å². The lowest BCUT2D eigenvalue weighted by atomic mass is 9.93. The standard InChI is InChI=1S/C25H21F2N3O4.C2H6/c1-15-6-2-3-7-16(15)21-17-8-9-18(26)20(27)24(17)34-13-5-4-11-28-14-30(21)29-12-10-19(31)23(32)22(29)25(28)33;1-2/h2-10,12,21,32H,11,13-14H2,1H3;1-2H3/b5-4+;/t21-;/m1./s1. The number of ether oxygens (including phenoxy) is 1. The van der Waals surface area contributed by atoms with Crippen molar-refractivity contribution in [1.29, 1.82) is 0 Å². The number of fused-ring (bicyclic) bond motifs is 5. The summed E-state index contributed by atoms with van der Waals surface area (Å²) < 4.78 is 36.4. The minimum absolute atomic E-state index is 0.0358. The highest BCUT2D eigenvalue weighted by Crippen LogP contribution is 2.39.